The van der Waals surface area contributed by atoms with Crippen molar-refractivity contribution in [1.82, 2.24) is 10.6 Å². The van der Waals surface area contributed by atoms with Crippen molar-refractivity contribution in [3.05, 3.63) is 65.2 Å². The molecule has 152 valence electrons. The van der Waals surface area contributed by atoms with Crippen LogP contribution < -0.4 is 15.8 Å². The molecule has 0 radical (unpaired) electrons. The Balaban J connectivity index is 1.92. The Morgan fingerprint density at radius 3 is 2.18 bits per heavy atom. The van der Waals surface area contributed by atoms with E-state index in [1.807, 2.05) is 0 Å². The maximum Gasteiger partial charge on any atom is 0.238 e. The van der Waals surface area contributed by atoms with E-state index in [0.29, 0.717) is 13.1 Å². The molecule has 28 heavy (non-hydrogen) atoms. The molecule has 2 aromatic rings. The minimum atomic E-state index is -3.65. The molecule has 0 fully saturated rings. The molecule has 0 heterocycles. The lowest BCUT2D eigenvalue weighted by atomic mass is 10.1. The van der Waals surface area contributed by atoms with Gasteiger partial charge in [-0.25, -0.2) is 18.5 Å². The molecule has 0 aliphatic heterocycles. The van der Waals surface area contributed by atoms with E-state index >= 15 is 0 Å². The van der Waals surface area contributed by atoms with Crippen LogP contribution in [0.25, 0.3) is 0 Å². The average molecular weight is 403 g/mol. The summed E-state index contributed by atoms with van der Waals surface area (Å²) in [5.74, 6) is 0.787. The van der Waals surface area contributed by atoms with Crippen molar-refractivity contribution in [2.75, 3.05) is 13.1 Å². The van der Waals surface area contributed by atoms with Crippen molar-refractivity contribution in [1.29, 1.82) is 0 Å². The highest BCUT2D eigenvalue weighted by Crippen LogP contribution is 2.09. The van der Waals surface area contributed by atoms with Crippen molar-refractivity contribution >= 4 is 16.0 Å². The normalized spacial score (nSPS) is 12.0. The first kappa shape index (κ1) is 21.9. The van der Waals surface area contributed by atoms with Crippen LogP contribution in [0.2, 0.25) is 0 Å². The number of nitrogens with one attached hydrogen (secondary N) is 2. The van der Waals surface area contributed by atoms with E-state index in [1.54, 1.807) is 12.1 Å². The molecule has 0 aromatic heterocycles. The van der Waals surface area contributed by atoms with Crippen LogP contribution in [-0.2, 0) is 23.0 Å². The molecule has 2 aromatic carbocycles. The monoisotopic (exact) mass is 402 g/mol. The minimum absolute atomic E-state index is 0.130. The molecule has 0 aliphatic rings. The van der Waals surface area contributed by atoms with Gasteiger partial charge >= 0.3 is 0 Å². The fraction of sp³-hybridized carbons (Fsp3) is 0.381. The van der Waals surface area contributed by atoms with Gasteiger partial charge in [0.25, 0.3) is 0 Å². The largest absolute Gasteiger partial charge is 0.356 e. The molecule has 6 nitrogen and oxygen atoms in total. The zero-order valence-corrected chi connectivity index (χ0v) is 17.4. The molecule has 0 bridgehead atoms. The second kappa shape index (κ2) is 10.8. The van der Waals surface area contributed by atoms with Crippen LogP contribution in [0.3, 0.4) is 0 Å². The van der Waals surface area contributed by atoms with E-state index < -0.39 is 10.0 Å². The average Bonchev–Trinajstić information content (AvgIpc) is 2.67. The Labute approximate surface area is 168 Å². The van der Waals surface area contributed by atoms with Crippen LogP contribution in [0.4, 0.5) is 0 Å². The highest BCUT2D eigenvalue weighted by Gasteiger charge is 2.06. The molecule has 0 aliphatic carbocycles. The fourth-order valence-electron chi connectivity index (χ4n) is 2.59. The van der Waals surface area contributed by atoms with E-state index in [1.165, 1.54) is 23.3 Å². The molecular weight excluding hydrogens is 372 g/mol. The Hall–Kier alpha value is -2.38. The van der Waals surface area contributed by atoms with Crippen LogP contribution in [-0.4, -0.2) is 27.5 Å². The number of benzene rings is 2. The van der Waals surface area contributed by atoms with Gasteiger partial charge in [0.15, 0.2) is 5.96 Å². The number of primary sulfonamides is 1. The summed E-state index contributed by atoms with van der Waals surface area (Å²) < 4.78 is 22.6. The highest BCUT2D eigenvalue weighted by molar-refractivity contribution is 7.89. The summed E-state index contributed by atoms with van der Waals surface area (Å²) in [5, 5.41) is 11.8. The predicted octanol–water partition coefficient (Wildman–Crippen LogP) is 2.72. The third kappa shape index (κ3) is 7.70. The van der Waals surface area contributed by atoms with Crippen molar-refractivity contribution < 1.29 is 8.42 Å². The van der Waals surface area contributed by atoms with Gasteiger partial charge in [0.1, 0.15) is 0 Å². The van der Waals surface area contributed by atoms with Gasteiger partial charge < -0.3 is 10.6 Å². The van der Waals surface area contributed by atoms with Gasteiger partial charge in [-0.2, -0.15) is 0 Å². The number of hydrogen-bond acceptors (Lipinski definition) is 3. The number of aliphatic imine (C=N–C) groups is 1. The van der Waals surface area contributed by atoms with Crippen LogP contribution >= 0.6 is 0 Å². The summed E-state index contributed by atoms with van der Waals surface area (Å²) in [5.41, 5.74) is 3.44. The summed E-state index contributed by atoms with van der Waals surface area (Å²) in [4.78, 5) is 4.80. The van der Waals surface area contributed by atoms with Crippen LogP contribution in [0.15, 0.2) is 58.4 Å². The first-order valence-corrected chi connectivity index (χ1v) is 11.1. The second-order valence-electron chi connectivity index (χ2n) is 6.80. The lowest BCUT2D eigenvalue weighted by molar-refractivity contribution is 0.598. The molecule has 7 heteroatoms. The van der Waals surface area contributed by atoms with Gasteiger partial charge in [-0.05, 0) is 43.0 Å². The molecule has 0 amide bonds. The van der Waals surface area contributed by atoms with E-state index in [2.05, 4.69) is 53.7 Å². The summed E-state index contributed by atoms with van der Waals surface area (Å²) in [6.07, 6.45) is 2.96. The molecular formula is C21H30N4O2S. The van der Waals surface area contributed by atoms with Crippen LogP contribution in [0, 0.1) is 6.92 Å². The van der Waals surface area contributed by atoms with Gasteiger partial charge in [0, 0.05) is 13.1 Å². The van der Waals surface area contributed by atoms with Crippen molar-refractivity contribution in [3.8, 4) is 0 Å². The lowest BCUT2D eigenvalue weighted by Crippen LogP contribution is -2.39. The number of rotatable bonds is 9. The molecule has 0 saturated heterocycles. The second-order valence-corrected chi connectivity index (χ2v) is 8.36. The Bertz CT molecular complexity index is 860. The first-order valence-electron chi connectivity index (χ1n) is 9.58. The Kier molecular flexibility index (Phi) is 8.47. The zero-order chi connectivity index (χ0) is 20.4. The number of nitrogens with zero attached hydrogens (tertiary/aromatic N) is 1. The molecule has 0 atom stereocenters. The first-order chi connectivity index (χ1) is 13.4. The third-order valence-electron chi connectivity index (χ3n) is 4.32. The van der Waals surface area contributed by atoms with Gasteiger partial charge in [-0.3, -0.25) is 0 Å². The van der Waals surface area contributed by atoms with Crippen LogP contribution in [0.1, 0.15) is 36.5 Å². The van der Waals surface area contributed by atoms with Crippen molar-refractivity contribution in [2.24, 2.45) is 10.1 Å². The lowest BCUT2D eigenvalue weighted by Gasteiger charge is -2.13. The smallest absolute Gasteiger partial charge is 0.238 e. The third-order valence-corrected chi connectivity index (χ3v) is 5.25. The number of nitrogens with two attached hydrogens (primary N) is 1. The van der Waals surface area contributed by atoms with Crippen molar-refractivity contribution in [2.45, 2.75) is 44.6 Å². The summed E-state index contributed by atoms with van der Waals surface area (Å²) in [6.45, 7) is 6.41. The highest BCUT2D eigenvalue weighted by atomic mass is 32.2. The van der Waals surface area contributed by atoms with E-state index in [4.69, 9.17) is 5.14 Å². The molecule has 2 rings (SSSR count). The Morgan fingerprint density at radius 1 is 0.964 bits per heavy atom. The maximum absolute atomic E-state index is 11.3. The fourth-order valence-corrected chi connectivity index (χ4v) is 3.11. The van der Waals surface area contributed by atoms with E-state index in [9.17, 15) is 8.42 Å². The maximum atomic E-state index is 11.3. The van der Waals surface area contributed by atoms with E-state index in [-0.39, 0.29) is 4.90 Å². The predicted molar refractivity (Wildman–Crippen MR) is 115 cm³/mol. The van der Waals surface area contributed by atoms with E-state index in [0.717, 1.165) is 37.3 Å². The molecule has 0 unspecified atom stereocenters. The number of hydrogen-bond donors (Lipinski definition) is 3. The van der Waals surface area contributed by atoms with Gasteiger partial charge in [-0.15, -0.1) is 0 Å². The number of unbranched alkanes of at least 4 members (excludes halogenated alkanes) is 1. The van der Waals surface area contributed by atoms with Crippen molar-refractivity contribution in [3.63, 3.8) is 0 Å². The number of aryl methyl sites for hydroxylation is 1. The topological polar surface area (TPSA) is 96.6 Å². The van der Waals surface area contributed by atoms with Crippen LogP contribution in [0.5, 0.6) is 0 Å². The molecule has 4 N–H and O–H groups in total. The zero-order valence-electron chi connectivity index (χ0n) is 16.6. The SMILES string of the molecule is CCCCNC(=NCc1ccc(C)cc1)NCCc1ccc(S(N)(=O)=O)cc1. The van der Waals surface area contributed by atoms with Gasteiger partial charge in [-0.1, -0.05) is 55.3 Å². The minimum Gasteiger partial charge on any atom is -0.356 e. The molecule has 0 spiro atoms. The Morgan fingerprint density at radius 2 is 1.57 bits per heavy atom. The summed E-state index contributed by atoms with van der Waals surface area (Å²) in [6, 6.07) is 15.0. The van der Waals surface area contributed by atoms with Gasteiger partial charge in [0.2, 0.25) is 10.0 Å². The molecule has 0 saturated carbocycles. The summed E-state index contributed by atoms with van der Waals surface area (Å²) >= 11 is 0. The quantitative estimate of drug-likeness (QED) is 0.341. The number of guanidine groups is 1. The van der Waals surface area contributed by atoms with Gasteiger partial charge in [0.05, 0.1) is 11.4 Å². The summed E-state index contributed by atoms with van der Waals surface area (Å²) in [7, 11) is -3.65. The standard InChI is InChI=1S/C21H30N4O2S/c1-3-4-14-23-21(25-16-19-7-5-17(2)6-8-19)24-15-13-18-9-11-20(12-10-18)28(22,26)27/h5-12H,3-4,13-16H2,1-2H3,(H2,22,26,27)(H2,23,24,25). The number of sulfonamides is 1.